The third kappa shape index (κ3) is 5.90. The number of halogens is 3. The van der Waals surface area contributed by atoms with E-state index < -0.39 is 6.36 Å². The lowest BCUT2D eigenvalue weighted by molar-refractivity contribution is -0.274. The first-order valence-electron chi connectivity index (χ1n) is 9.02. The Bertz CT molecular complexity index is 581. The van der Waals surface area contributed by atoms with Gasteiger partial charge in [0, 0.05) is 25.2 Å². The first kappa shape index (κ1) is 20.6. The van der Waals surface area contributed by atoms with E-state index in [9.17, 15) is 18.0 Å². The number of carbonyl (C=O) groups is 1. The topological polar surface area (TPSA) is 32.8 Å². The van der Waals surface area contributed by atoms with Gasteiger partial charge in [-0.1, -0.05) is 20.3 Å². The molecule has 4 nitrogen and oxygen atoms in total. The van der Waals surface area contributed by atoms with Gasteiger partial charge in [-0.25, -0.2) is 0 Å². The van der Waals surface area contributed by atoms with Crippen molar-refractivity contribution in [1.29, 1.82) is 0 Å². The van der Waals surface area contributed by atoms with Gasteiger partial charge in [0.05, 0.1) is 0 Å². The molecule has 1 aromatic carbocycles. The molecule has 0 radical (unpaired) electrons. The predicted octanol–water partition coefficient (Wildman–Crippen LogP) is 4.17. The molecule has 0 bridgehead atoms. The first-order valence-corrected chi connectivity index (χ1v) is 9.02. The summed E-state index contributed by atoms with van der Waals surface area (Å²) >= 11 is 0. The lowest BCUT2D eigenvalue weighted by atomic mass is 10.00. The van der Waals surface area contributed by atoms with E-state index in [4.69, 9.17) is 0 Å². The molecule has 146 valence electrons. The number of alkyl halides is 3. The fourth-order valence-electron chi connectivity index (χ4n) is 3.34. The second kappa shape index (κ2) is 8.75. The zero-order valence-electron chi connectivity index (χ0n) is 15.6. The summed E-state index contributed by atoms with van der Waals surface area (Å²) in [5, 5.41) is 0. The van der Waals surface area contributed by atoms with E-state index >= 15 is 0 Å². The molecule has 26 heavy (non-hydrogen) atoms. The van der Waals surface area contributed by atoms with Crippen molar-refractivity contribution in [3.8, 4) is 5.75 Å². The minimum Gasteiger partial charge on any atom is -0.406 e. The average Bonchev–Trinajstić information content (AvgIpc) is 2.58. The van der Waals surface area contributed by atoms with Gasteiger partial charge in [-0.05, 0) is 56.1 Å². The molecule has 0 saturated carbocycles. The molecule has 1 aromatic rings. The van der Waals surface area contributed by atoms with Crippen LogP contribution in [0.3, 0.4) is 0 Å². The van der Waals surface area contributed by atoms with Crippen LogP contribution in [0.1, 0.15) is 43.5 Å². The van der Waals surface area contributed by atoms with E-state index in [0.717, 1.165) is 19.6 Å². The smallest absolute Gasteiger partial charge is 0.406 e. The molecule has 1 heterocycles. The van der Waals surface area contributed by atoms with Crippen LogP contribution < -0.4 is 4.74 Å². The van der Waals surface area contributed by atoms with Crippen molar-refractivity contribution < 1.29 is 22.7 Å². The highest BCUT2D eigenvalue weighted by molar-refractivity contribution is 5.94. The summed E-state index contributed by atoms with van der Waals surface area (Å²) < 4.78 is 40.6. The van der Waals surface area contributed by atoms with E-state index in [1.807, 2.05) is 0 Å². The van der Waals surface area contributed by atoms with Gasteiger partial charge in [-0.3, -0.25) is 4.79 Å². The minimum atomic E-state index is -4.74. The highest BCUT2D eigenvalue weighted by Crippen LogP contribution is 2.24. The highest BCUT2D eigenvalue weighted by atomic mass is 19.4. The lowest BCUT2D eigenvalue weighted by Gasteiger charge is -2.37. The molecule has 1 saturated heterocycles. The molecule has 0 unspecified atom stereocenters. The summed E-state index contributed by atoms with van der Waals surface area (Å²) in [4.78, 5) is 16.9. The molecule has 0 aliphatic carbocycles. The van der Waals surface area contributed by atoms with Gasteiger partial charge in [0.2, 0.25) is 0 Å². The molecule has 2 rings (SSSR count). The van der Waals surface area contributed by atoms with Gasteiger partial charge in [-0.15, -0.1) is 13.2 Å². The van der Waals surface area contributed by atoms with Gasteiger partial charge in [0.15, 0.2) is 0 Å². The minimum absolute atomic E-state index is 0.0479. The number of piperidine rings is 1. The SMILES string of the molecule is CC(C)[C@@H](CN1CCCCC1)N(C)C(=O)c1ccc(OC(F)(F)F)cc1. The number of amides is 1. The molecule has 0 N–H and O–H groups in total. The van der Waals surface area contributed by atoms with Crippen molar-refractivity contribution in [2.75, 3.05) is 26.7 Å². The van der Waals surface area contributed by atoms with Crippen LogP contribution in [0.2, 0.25) is 0 Å². The van der Waals surface area contributed by atoms with Gasteiger partial charge >= 0.3 is 6.36 Å². The van der Waals surface area contributed by atoms with Gasteiger partial charge in [0.1, 0.15) is 5.75 Å². The Kier molecular flexibility index (Phi) is 6.92. The molecule has 1 atom stereocenters. The van der Waals surface area contributed by atoms with Crippen molar-refractivity contribution >= 4 is 5.91 Å². The number of ether oxygens (including phenoxy) is 1. The zero-order valence-corrected chi connectivity index (χ0v) is 15.6. The Morgan fingerprint density at radius 1 is 1.15 bits per heavy atom. The van der Waals surface area contributed by atoms with Crippen molar-refractivity contribution in [2.45, 2.75) is 45.5 Å². The summed E-state index contributed by atoms with van der Waals surface area (Å²) in [7, 11) is 1.76. The third-order valence-corrected chi connectivity index (χ3v) is 4.82. The summed E-state index contributed by atoms with van der Waals surface area (Å²) in [6.45, 7) is 7.08. The normalized spacial score (nSPS) is 17.2. The predicted molar refractivity (Wildman–Crippen MR) is 94.1 cm³/mol. The molecule has 1 fully saturated rings. The Hall–Kier alpha value is -1.76. The number of hydrogen-bond acceptors (Lipinski definition) is 3. The maximum absolute atomic E-state index is 12.8. The lowest BCUT2D eigenvalue weighted by Crippen LogP contribution is -2.48. The van der Waals surface area contributed by atoms with Crippen molar-refractivity contribution in [3.63, 3.8) is 0 Å². The van der Waals surface area contributed by atoms with Crippen LogP contribution in [0, 0.1) is 5.92 Å². The molecule has 7 heteroatoms. The Morgan fingerprint density at radius 2 is 1.73 bits per heavy atom. The summed E-state index contributed by atoms with van der Waals surface area (Å²) in [6.07, 6.45) is -1.12. The van der Waals surface area contributed by atoms with E-state index in [1.54, 1.807) is 11.9 Å². The molecule has 0 aromatic heterocycles. The maximum atomic E-state index is 12.8. The number of rotatable bonds is 6. The largest absolute Gasteiger partial charge is 0.573 e. The average molecular weight is 372 g/mol. The molecule has 1 aliphatic rings. The van der Waals surface area contributed by atoms with Crippen LogP contribution in [0.4, 0.5) is 13.2 Å². The Morgan fingerprint density at radius 3 is 2.23 bits per heavy atom. The van der Waals surface area contributed by atoms with E-state index in [-0.39, 0.29) is 23.6 Å². The third-order valence-electron chi connectivity index (χ3n) is 4.82. The molecular weight excluding hydrogens is 345 g/mol. The highest BCUT2D eigenvalue weighted by Gasteiger charge is 2.31. The molecule has 1 amide bonds. The van der Waals surface area contributed by atoms with Crippen LogP contribution in [-0.2, 0) is 0 Å². The summed E-state index contributed by atoms with van der Waals surface area (Å²) in [5.41, 5.74) is 0.353. The fraction of sp³-hybridized carbons (Fsp3) is 0.632. The zero-order chi connectivity index (χ0) is 19.3. The van der Waals surface area contributed by atoms with Crippen molar-refractivity contribution in [1.82, 2.24) is 9.80 Å². The number of likely N-dealkylation sites (tertiary alicyclic amines) is 1. The van der Waals surface area contributed by atoms with Crippen molar-refractivity contribution in [2.24, 2.45) is 5.92 Å². The van der Waals surface area contributed by atoms with E-state index in [1.165, 1.54) is 43.5 Å². The maximum Gasteiger partial charge on any atom is 0.573 e. The number of likely N-dealkylation sites (N-methyl/N-ethyl adjacent to an activating group) is 1. The second-order valence-corrected chi connectivity index (χ2v) is 7.16. The Balaban J connectivity index is 2.05. The standard InChI is InChI=1S/C19H27F3N2O2/c1-14(2)17(13-24-11-5-4-6-12-24)23(3)18(25)15-7-9-16(10-8-15)26-19(20,21)22/h7-10,14,17H,4-6,11-13H2,1-3H3/t17-/m1/s1. The van der Waals surface area contributed by atoms with Crippen LogP contribution in [0.5, 0.6) is 5.75 Å². The number of benzene rings is 1. The van der Waals surface area contributed by atoms with Gasteiger partial charge in [0.25, 0.3) is 5.91 Å². The first-order chi connectivity index (χ1) is 12.2. The summed E-state index contributed by atoms with van der Waals surface area (Å²) in [5.74, 6) is -0.247. The van der Waals surface area contributed by atoms with Crippen LogP contribution in [0.25, 0.3) is 0 Å². The van der Waals surface area contributed by atoms with Crippen molar-refractivity contribution in [3.05, 3.63) is 29.8 Å². The number of nitrogens with zero attached hydrogens (tertiary/aromatic N) is 2. The Labute approximate surface area is 152 Å². The van der Waals surface area contributed by atoms with E-state index in [0.29, 0.717) is 5.56 Å². The second-order valence-electron chi connectivity index (χ2n) is 7.16. The fourth-order valence-corrected chi connectivity index (χ4v) is 3.34. The molecule has 0 spiro atoms. The number of hydrogen-bond donors (Lipinski definition) is 0. The van der Waals surface area contributed by atoms with Gasteiger partial charge in [-0.2, -0.15) is 0 Å². The monoisotopic (exact) mass is 372 g/mol. The summed E-state index contributed by atoms with van der Waals surface area (Å²) in [6, 6.07) is 5.13. The van der Waals surface area contributed by atoms with Crippen LogP contribution >= 0.6 is 0 Å². The van der Waals surface area contributed by atoms with Crippen LogP contribution in [0.15, 0.2) is 24.3 Å². The quantitative estimate of drug-likeness (QED) is 0.751. The number of carbonyl (C=O) groups excluding carboxylic acids is 1. The molecule has 1 aliphatic heterocycles. The molecular formula is C19H27F3N2O2. The van der Waals surface area contributed by atoms with Crippen LogP contribution in [-0.4, -0.2) is 54.8 Å². The van der Waals surface area contributed by atoms with E-state index in [2.05, 4.69) is 23.5 Å². The van der Waals surface area contributed by atoms with Gasteiger partial charge < -0.3 is 14.5 Å².